The molecule has 0 aromatic heterocycles. The van der Waals surface area contributed by atoms with Crippen LogP contribution in [-0.4, -0.2) is 50.4 Å². The summed E-state index contributed by atoms with van der Waals surface area (Å²) in [5.41, 5.74) is 0.834. The normalized spacial score (nSPS) is 12.7. The van der Waals surface area contributed by atoms with Gasteiger partial charge in [0.2, 0.25) is 11.8 Å². The number of hydrogen-bond donors (Lipinski definition) is 1. The smallest absolute Gasteiger partial charge is 0.264 e. The third-order valence-corrected chi connectivity index (χ3v) is 9.06. The topological polar surface area (TPSA) is 96.0 Å². The van der Waals surface area contributed by atoms with E-state index in [1.165, 1.54) is 17.0 Å². The van der Waals surface area contributed by atoms with Crippen molar-refractivity contribution in [1.29, 1.82) is 0 Å². The van der Waals surface area contributed by atoms with Gasteiger partial charge in [-0.2, -0.15) is 0 Å². The molecule has 0 bridgehead atoms. The summed E-state index contributed by atoms with van der Waals surface area (Å²) in [5, 5.41) is 3.55. The number of anilines is 1. The van der Waals surface area contributed by atoms with Crippen LogP contribution in [0.15, 0.2) is 77.7 Å². The molecule has 2 amide bonds. The zero-order chi connectivity index (χ0) is 30.2. The quantitative estimate of drug-likeness (QED) is 0.256. The Morgan fingerprint density at radius 2 is 1.59 bits per heavy atom. The molecule has 3 rings (SSSR count). The first kappa shape index (κ1) is 32.2. The van der Waals surface area contributed by atoms with E-state index >= 15 is 0 Å². The molecular formula is C30H35Cl2N3O5S. The van der Waals surface area contributed by atoms with Crippen molar-refractivity contribution in [2.75, 3.05) is 17.5 Å². The summed E-state index contributed by atoms with van der Waals surface area (Å²) >= 11 is 12.3. The third-order valence-electron chi connectivity index (χ3n) is 6.55. The van der Waals surface area contributed by atoms with Gasteiger partial charge in [-0.15, -0.1) is 0 Å². The lowest BCUT2D eigenvalue weighted by atomic mass is 10.1. The van der Waals surface area contributed by atoms with Gasteiger partial charge >= 0.3 is 0 Å². The highest BCUT2D eigenvalue weighted by atomic mass is 35.5. The number of carbonyl (C=O) groups is 2. The molecule has 0 unspecified atom stereocenters. The van der Waals surface area contributed by atoms with Gasteiger partial charge in [0.05, 0.1) is 27.2 Å². The van der Waals surface area contributed by atoms with Crippen molar-refractivity contribution < 1.29 is 22.7 Å². The van der Waals surface area contributed by atoms with Crippen LogP contribution in [0.4, 0.5) is 5.69 Å². The second-order valence-electron chi connectivity index (χ2n) is 9.49. The molecule has 3 aromatic carbocycles. The van der Waals surface area contributed by atoms with Gasteiger partial charge in [-0.3, -0.25) is 13.9 Å². The molecule has 0 aliphatic heterocycles. The van der Waals surface area contributed by atoms with Crippen LogP contribution >= 0.6 is 23.2 Å². The average Bonchev–Trinajstić information content (AvgIpc) is 2.96. The van der Waals surface area contributed by atoms with Gasteiger partial charge in [0.15, 0.2) is 0 Å². The van der Waals surface area contributed by atoms with E-state index in [-0.39, 0.29) is 29.1 Å². The Labute approximate surface area is 252 Å². The predicted octanol–water partition coefficient (Wildman–Crippen LogP) is 5.92. The first-order valence-electron chi connectivity index (χ1n) is 13.3. The fourth-order valence-corrected chi connectivity index (χ4v) is 5.82. The summed E-state index contributed by atoms with van der Waals surface area (Å²) in [4.78, 5) is 28.6. The molecular weight excluding hydrogens is 585 g/mol. The van der Waals surface area contributed by atoms with E-state index in [0.29, 0.717) is 34.4 Å². The number of nitrogens with zero attached hydrogens (tertiary/aromatic N) is 2. The van der Waals surface area contributed by atoms with Gasteiger partial charge in [-0.25, -0.2) is 8.42 Å². The maximum atomic E-state index is 14.1. The maximum absolute atomic E-state index is 14.1. The molecule has 0 saturated heterocycles. The zero-order valence-corrected chi connectivity index (χ0v) is 25.8. The number of nitrogens with one attached hydrogen (secondary N) is 1. The number of benzene rings is 3. The van der Waals surface area contributed by atoms with E-state index in [1.807, 2.05) is 13.8 Å². The minimum atomic E-state index is -4.21. The summed E-state index contributed by atoms with van der Waals surface area (Å²) in [5.74, 6) is -0.644. The number of para-hydroxylation sites is 2. The first-order valence-corrected chi connectivity index (χ1v) is 15.5. The van der Waals surface area contributed by atoms with E-state index in [1.54, 1.807) is 74.5 Å². The van der Waals surface area contributed by atoms with Crippen molar-refractivity contribution in [1.82, 2.24) is 10.2 Å². The molecule has 41 heavy (non-hydrogen) atoms. The summed E-state index contributed by atoms with van der Waals surface area (Å²) in [6, 6.07) is 18.4. The molecule has 0 radical (unpaired) electrons. The minimum absolute atomic E-state index is 0.00283. The minimum Gasteiger partial charge on any atom is -0.492 e. The third kappa shape index (κ3) is 8.15. The standard InChI is InChI=1S/C30H35Cl2N3O5S/c1-5-21(3)33-30(37)22(4)34(19-23-16-17-25(31)26(32)18-23)29(36)20-35(27-14-10-11-15-28(27)40-6-2)41(38,39)24-12-8-7-9-13-24/h7-18,21-22H,5-6,19-20H2,1-4H3,(H,33,37)/t21-,22-/m0/s1. The van der Waals surface area contributed by atoms with Crippen molar-refractivity contribution in [3.05, 3.63) is 88.4 Å². The van der Waals surface area contributed by atoms with Crippen LogP contribution < -0.4 is 14.4 Å². The van der Waals surface area contributed by atoms with Gasteiger partial charge in [0.25, 0.3) is 10.0 Å². The predicted molar refractivity (Wildman–Crippen MR) is 163 cm³/mol. The molecule has 11 heteroatoms. The maximum Gasteiger partial charge on any atom is 0.264 e. The molecule has 220 valence electrons. The number of amides is 2. The Kier molecular flexibility index (Phi) is 11.5. The zero-order valence-electron chi connectivity index (χ0n) is 23.5. The SMILES string of the molecule is CCOc1ccccc1N(CC(=O)N(Cc1ccc(Cl)c(Cl)c1)[C@@H](C)C(=O)N[C@@H](C)CC)S(=O)(=O)c1ccccc1. The molecule has 0 aliphatic rings. The average molecular weight is 621 g/mol. The largest absolute Gasteiger partial charge is 0.492 e. The molecule has 1 N–H and O–H groups in total. The van der Waals surface area contributed by atoms with E-state index in [9.17, 15) is 18.0 Å². The van der Waals surface area contributed by atoms with Crippen LogP contribution in [0.5, 0.6) is 5.75 Å². The lowest BCUT2D eigenvalue weighted by Crippen LogP contribution is -2.52. The fourth-order valence-electron chi connectivity index (χ4n) is 4.06. The molecule has 8 nitrogen and oxygen atoms in total. The van der Waals surface area contributed by atoms with Crippen LogP contribution in [0.2, 0.25) is 10.0 Å². The van der Waals surface area contributed by atoms with Crippen molar-refractivity contribution in [2.45, 2.75) is 57.6 Å². The van der Waals surface area contributed by atoms with Crippen LogP contribution in [0.25, 0.3) is 0 Å². The number of rotatable bonds is 13. The highest BCUT2D eigenvalue weighted by molar-refractivity contribution is 7.92. The van der Waals surface area contributed by atoms with Gasteiger partial charge in [0.1, 0.15) is 18.3 Å². The van der Waals surface area contributed by atoms with Crippen molar-refractivity contribution in [3.8, 4) is 5.75 Å². The van der Waals surface area contributed by atoms with E-state index in [2.05, 4.69) is 5.32 Å². The number of hydrogen-bond acceptors (Lipinski definition) is 5. The first-order chi connectivity index (χ1) is 19.5. The molecule has 0 heterocycles. The number of sulfonamides is 1. The van der Waals surface area contributed by atoms with Gasteiger partial charge < -0.3 is 15.0 Å². The second kappa shape index (κ2) is 14.6. The van der Waals surface area contributed by atoms with E-state index in [4.69, 9.17) is 27.9 Å². The summed E-state index contributed by atoms with van der Waals surface area (Å²) in [6.07, 6.45) is 0.705. The molecule has 2 atom stereocenters. The fraction of sp³-hybridized carbons (Fsp3) is 0.333. The van der Waals surface area contributed by atoms with E-state index < -0.39 is 28.5 Å². The Balaban J connectivity index is 2.08. The lowest BCUT2D eigenvalue weighted by Gasteiger charge is -2.33. The molecule has 0 fully saturated rings. The van der Waals surface area contributed by atoms with Crippen LogP contribution in [0.1, 0.15) is 39.7 Å². The van der Waals surface area contributed by atoms with Crippen molar-refractivity contribution in [2.24, 2.45) is 0 Å². The Hall–Kier alpha value is -3.27. The van der Waals surface area contributed by atoms with Gasteiger partial charge in [-0.05, 0) is 69.2 Å². The molecule has 0 spiro atoms. The summed E-state index contributed by atoms with van der Waals surface area (Å²) < 4.78 is 34.7. The van der Waals surface area contributed by atoms with Gasteiger partial charge in [0, 0.05) is 12.6 Å². The van der Waals surface area contributed by atoms with Crippen LogP contribution in [0, 0.1) is 0 Å². The number of carbonyl (C=O) groups excluding carboxylic acids is 2. The Morgan fingerprint density at radius 3 is 2.22 bits per heavy atom. The summed E-state index contributed by atoms with van der Waals surface area (Å²) in [7, 11) is -4.21. The molecule has 0 saturated carbocycles. The molecule has 0 aliphatic carbocycles. The van der Waals surface area contributed by atoms with Crippen molar-refractivity contribution in [3.63, 3.8) is 0 Å². The Bertz CT molecular complexity index is 1450. The number of halogens is 2. The van der Waals surface area contributed by atoms with E-state index in [0.717, 1.165) is 4.31 Å². The highest BCUT2D eigenvalue weighted by Crippen LogP contribution is 2.33. The van der Waals surface area contributed by atoms with Crippen LogP contribution in [0.3, 0.4) is 0 Å². The monoisotopic (exact) mass is 619 g/mol. The second-order valence-corrected chi connectivity index (χ2v) is 12.2. The van der Waals surface area contributed by atoms with Crippen molar-refractivity contribution >= 4 is 50.7 Å². The molecule has 3 aromatic rings. The van der Waals surface area contributed by atoms with Gasteiger partial charge in [-0.1, -0.05) is 66.5 Å². The number of ether oxygens (including phenoxy) is 1. The lowest BCUT2D eigenvalue weighted by molar-refractivity contribution is -0.139. The highest BCUT2D eigenvalue weighted by Gasteiger charge is 2.34. The van der Waals surface area contributed by atoms with Crippen LogP contribution in [-0.2, 0) is 26.2 Å². The Morgan fingerprint density at radius 1 is 0.927 bits per heavy atom. The summed E-state index contributed by atoms with van der Waals surface area (Å²) in [6.45, 7) is 6.91.